The zero-order chi connectivity index (χ0) is 13.5. The number of hydrogen-bond acceptors (Lipinski definition) is 3. The first kappa shape index (κ1) is 13.6. The van der Waals surface area contributed by atoms with Crippen LogP contribution in [0.25, 0.3) is 0 Å². The highest BCUT2D eigenvalue weighted by atomic mass is 16.5. The average molecular weight is 257 g/mol. The number of aromatic nitrogens is 1. The van der Waals surface area contributed by atoms with Gasteiger partial charge in [-0.25, -0.2) is 0 Å². The lowest BCUT2D eigenvalue weighted by molar-refractivity contribution is 0.107. The zero-order valence-electron chi connectivity index (χ0n) is 11.1. The van der Waals surface area contributed by atoms with E-state index in [0.717, 1.165) is 17.9 Å². The third kappa shape index (κ3) is 4.38. The summed E-state index contributed by atoms with van der Waals surface area (Å²) < 4.78 is 5.51. The van der Waals surface area contributed by atoms with Crippen molar-refractivity contribution in [1.29, 1.82) is 0 Å². The molecule has 3 nitrogen and oxygen atoms in total. The summed E-state index contributed by atoms with van der Waals surface area (Å²) in [5.41, 5.74) is 2.10. The molecule has 0 amide bonds. The largest absolute Gasteiger partial charge is 0.491 e. The summed E-state index contributed by atoms with van der Waals surface area (Å²) in [6, 6.07) is 13.5. The van der Waals surface area contributed by atoms with Crippen LogP contribution in [0.2, 0.25) is 0 Å². The van der Waals surface area contributed by atoms with Crippen molar-refractivity contribution in [2.24, 2.45) is 0 Å². The van der Waals surface area contributed by atoms with Crippen LogP contribution in [0.5, 0.6) is 5.75 Å². The lowest BCUT2D eigenvalue weighted by atomic mass is 10.1. The number of ether oxygens (including phenoxy) is 1. The molecule has 0 aliphatic rings. The highest BCUT2D eigenvalue weighted by molar-refractivity contribution is 5.21. The van der Waals surface area contributed by atoms with Crippen LogP contribution in [0.3, 0.4) is 0 Å². The summed E-state index contributed by atoms with van der Waals surface area (Å²) in [6.07, 6.45) is 2.81. The van der Waals surface area contributed by atoms with Crippen LogP contribution in [-0.4, -0.2) is 22.8 Å². The second-order valence-corrected chi connectivity index (χ2v) is 4.49. The van der Waals surface area contributed by atoms with E-state index in [-0.39, 0.29) is 6.61 Å². The zero-order valence-corrected chi connectivity index (χ0v) is 11.1. The van der Waals surface area contributed by atoms with Crippen LogP contribution in [0.15, 0.2) is 48.7 Å². The van der Waals surface area contributed by atoms with Crippen molar-refractivity contribution < 1.29 is 9.84 Å². The Bertz CT molecular complexity index is 482. The van der Waals surface area contributed by atoms with Crippen LogP contribution >= 0.6 is 0 Å². The summed E-state index contributed by atoms with van der Waals surface area (Å²) in [4.78, 5) is 4.33. The molecule has 1 unspecified atom stereocenters. The van der Waals surface area contributed by atoms with Gasteiger partial charge in [0.2, 0.25) is 0 Å². The molecule has 1 heterocycles. The SMILES string of the molecule is CCc1ccc(CC(O)COc2ccccc2)nc1. The van der Waals surface area contributed by atoms with E-state index in [0.29, 0.717) is 6.42 Å². The number of hydrogen-bond donors (Lipinski definition) is 1. The molecule has 0 aliphatic heterocycles. The number of benzene rings is 1. The summed E-state index contributed by atoms with van der Waals surface area (Å²) in [5, 5.41) is 9.93. The topological polar surface area (TPSA) is 42.4 Å². The van der Waals surface area contributed by atoms with Crippen molar-refractivity contribution in [2.45, 2.75) is 25.9 Å². The van der Waals surface area contributed by atoms with E-state index in [1.807, 2.05) is 48.7 Å². The Morgan fingerprint density at radius 2 is 1.95 bits per heavy atom. The van der Waals surface area contributed by atoms with Crippen LogP contribution in [0, 0.1) is 0 Å². The van der Waals surface area contributed by atoms with Gasteiger partial charge in [-0.15, -0.1) is 0 Å². The van der Waals surface area contributed by atoms with Crippen molar-refractivity contribution in [3.05, 3.63) is 59.9 Å². The molecule has 1 N–H and O–H groups in total. The van der Waals surface area contributed by atoms with Gasteiger partial charge in [0.15, 0.2) is 0 Å². The van der Waals surface area contributed by atoms with Gasteiger partial charge in [0.05, 0.1) is 6.10 Å². The summed E-state index contributed by atoms with van der Waals surface area (Å²) >= 11 is 0. The number of nitrogens with zero attached hydrogens (tertiary/aromatic N) is 1. The van der Waals surface area contributed by atoms with Crippen molar-refractivity contribution in [3.8, 4) is 5.75 Å². The third-order valence-corrected chi connectivity index (χ3v) is 2.92. The summed E-state index contributed by atoms with van der Waals surface area (Å²) in [6.45, 7) is 2.38. The summed E-state index contributed by atoms with van der Waals surface area (Å²) in [7, 11) is 0. The van der Waals surface area contributed by atoms with E-state index in [1.54, 1.807) is 0 Å². The van der Waals surface area contributed by atoms with Gasteiger partial charge in [0.1, 0.15) is 12.4 Å². The van der Waals surface area contributed by atoms with Crippen molar-refractivity contribution in [2.75, 3.05) is 6.61 Å². The Balaban J connectivity index is 1.82. The lowest BCUT2D eigenvalue weighted by Crippen LogP contribution is -2.20. The van der Waals surface area contributed by atoms with Crippen LogP contribution in [0.4, 0.5) is 0 Å². The van der Waals surface area contributed by atoms with Gasteiger partial charge < -0.3 is 9.84 Å². The molecular weight excluding hydrogens is 238 g/mol. The minimum atomic E-state index is -0.541. The monoisotopic (exact) mass is 257 g/mol. The van der Waals surface area contributed by atoms with E-state index in [9.17, 15) is 5.11 Å². The molecule has 1 atom stereocenters. The molecule has 0 aliphatic carbocycles. The summed E-state index contributed by atoms with van der Waals surface area (Å²) in [5.74, 6) is 0.774. The van der Waals surface area contributed by atoms with Gasteiger partial charge in [-0.05, 0) is 30.2 Å². The second kappa shape index (κ2) is 6.90. The molecular formula is C16H19NO2. The maximum Gasteiger partial charge on any atom is 0.119 e. The smallest absolute Gasteiger partial charge is 0.119 e. The van der Waals surface area contributed by atoms with Gasteiger partial charge in [-0.3, -0.25) is 4.98 Å². The molecule has 3 heteroatoms. The minimum Gasteiger partial charge on any atom is -0.491 e. The average Bonchev–Trinajstić information content (AvgIpc) is 2.47. The highest BCUT2D eigenvalue weighted by Gasteiger charge is 2.07. The molecule has 1 aromatic carbocycles. The van der Waals surface area contributed by atoms with Gasteiger partial charge in [0, 0.05) is 18.3 Å². The van der Waals surface area contributed by atoms with Gasteiger partial charge in [0.25, 0.3) is 0 Å². The number of aryl methyl sites for hydroxylation is 1. The molecule has 2 rings (SSSR count). The maximum atomic E-state index is 9.93. The highest BCUT2D eigenvalue weighted by Crippen LogP contribution is 2.10. The number of para-hydroxylation sites is 1. The standard InChI is InChI=1S/C16H19NO2/c1-2-13-8-9-14(17-11-13)10-15(18)12-19-16-6-4-3-5-7-16/h3-9,11,15,18H,2,10,12H2,1H3. The fourth-order valence-corrected chi connectivity index (χ4v) is 1.79. The fourth-order valence-electron chi connectivity index (χ4n) is 1.79. The molecule has 0 saturated carbocycles. The molecule has 0 fully saturated rings. The van der Waals surface area contributed by atoms with Crippen LogP contribution in [-0.2, 0) is 12.8 Å². The quantitative estimate of drug-likeness (QED) is 0.865. The predicted molar refractivity (Wildman–Crippen MR) is 75.3 cm³/mol. The van der Waals surface area contributed by atoms with Crippen molar-refractivity contribution >= 4 is 0 Å². The van der Waals surface area contributed by atoms with E-state index in [2.05, 4.69) is 11.9 Å². The number of pyridine rings is 1. The van der Waals surface area contributed by atoms with E-state index < -0.39 is 6.10 Å². The molecule has 0 radical (unpaired) electrons. The normalized spacial score (nSPS) is 12.1. The first-order valence-corrected chi connectivity index (χ1v) is 6.57. The Labute approximate surface area is 113 Å². The molecule has 0 bridgehead atoms. The van der Waals surface area contributed by atoms with Crippen LogP contribution in [0.1, 0.15) is 18.2 Å². The van der Waals surface area contributed by atoms with Crippen molar-refractivity contribution in [1.82, 2.24) is 4.98 Å². The Morgan fingerprint density at radius 1 is 1.16 bits per heavy atom. The molecule has 19 heavy (non-hydrogen) atoms. The van der Waals surface area contributed by atoms with Gasteiger partial charge >= 0.3 is 0 Å². The Kier molecular flexibility index (Phi) is 4.93. The van der Waals surface area contributed by atoms with Gasteiger partial charge in [-0.2, -0.15) is 0 Å². The molecule has 1 aromatic heterocycles. The molecule has 2 aromatic rings. The number of aliphatic hydroxyl groups is 1. The first-order valence-electron chi connectivity index (χ1n) is 6.57. The van der Waals surface area contributed by atoms with E-state index in [1.165, 1.54) is 5.56 Å². The lowest BCUT2D eigenvalue weighted by Gasteiger charge is -2.12. The maximum absolute atomic E-state index is 9.93. The number of rotatable bonds is 6. The van der Waals surface area contributed by atoms with E-state index in [4.69, 9.17) is 4.74 Å². The van der Waals surface area contributed by atoms with Crippen molar-refractivity contribution in [3.63, 3.8) is 0 Å². The molecule has 0 spiro atoms. The molecule has 100 valence electrons. The van der Waals surface area contributed by atoms with Crippen LogP contribution < -0.4 is 4.74 Å². The predicted octanol–water partition coefficient (Wildman–Crippen LogP) is 2.63. The second-order valence-electron chi connectivity index (χ2n) is 4.49. The third-order valence-electron chi connectivity index (χ3n) is 2.92. The number of aliphatic hydroxyl groups excluding tert-OH is 1. The Morgan fingerprint density at radius 3 is 2.58 bits per heavy atom. The first-order chi connectivity index (χ1) is 9.28. The molecule has 0 saturated heterocycles. The Hall–Kier alpha value is -1.87. The van der Waals surface area contributed by atoms with E-state index >= 15 is 0 Å². The van der Waals surface area contributed by atoms with Gasteiger partial charge in [-0.1, -0.05) is 31.2 Å². The minimum absolute atomic E-state index is 0.279. The fraction of sp³-hybridized carbons (Fsp3) is 0.312.